The fourth-order valence-electron chi connectivity index (χ4n) is 0.219. The molecule has 0 aliphatic heterocycles. The summed E-state index contributed by atoms with van der Waals surface area (Å²) in [5.41, 5.74) is 2.72. The van der Waals surface area contributed by atoms with Crippen LogP contribution >= 0.6 is 0 Å². The summed E-state index contributed by atoms with van der Waals surface area (Å²) in [6, 6.07) is 0. The molecule has 0 radical (unpaired) electrons. The first-order valence-electron chi connectivity index (χ1n) is 5.00. The molecule has 0 saturated heterocycles. The van der Waals surface area contributed by atoms with Gasteiger partial charge < -0.3 is 0 Å². The zero-order valence-corrected chi connectivity index (χ0v) is 6.50. The largest absolute Gasteiger partial charge is 0.132 e. The minimum Gasteiger partial charge on any atom is -0.132 e. The van der Waals surface area contributed by atoms with E-state index >= 15 is 0 Å². The monoisotopic (exact) mass is 131 g/mol. The fourth-order valence-corrected chi connectivity index (χ4v) is 0.656. The van der Waals surface area contributed by atoms with Crippen LogP contribution in [0.25, 0.3) is 0 Å². The van der Waals surface area contributed by atoms with Crippen LogP contribution in [-0.2, 0) is 0 Å². The van der Waals surface area contributed by atoms with Gasteiger partial charge in [0.05, 0.1) is 0 Å². The zero-order valence-electron chi connectivity index (χ0n) is 10.5. The van der Waals surface area contributed by atoms with Crippen LogP contribution in [0.4, 0.5) is 0 Å². The highest BCUT2D eigenvalue weighted by Crippen LogP contribution is 1.95. The molecule has 0 spiro atoms. The Morgan fingerprint density at radius 2 is 2.25 bits per heavy atom. The summed E-state index contributed by atoms with van der Waals surface area (Å²) in [7, 11) is -1.70. The molecule has 46 valence electrons. The minimum atomic E-state index is -2.65. The molecule has 0 nitrogen and oxygen atoms in total. The first kappa shape index (κ1) is 2.58. The lowest BCUT2D eigenvalue weighted by atomic mass is 10.5. The summed E-state index contributed by atoms with van der Waals surface area (Å²) >= 11 is 0. The quantitative estimate of drug-likeness (QED) is 0.349. The van der Waals surface area contributed by atoms with E-state index in [0.29, 0.717) is 0 Å². The molecule has 0 aliphatic carbocycles. The summed E-state index contributed by atoms with van der Waals surface area (Å²) in [6.45, 7) is 3.17. The fraction of sp³-hybridized carbons (Fsp3) is 0.714. The molecule has 0 atom stereocenters. The summed E-state index contributed by atoms with van der Waals surface area (Å²) in [6.07, 6.45) is -2.38. The van der Waals surface area contributed by atoms with E-state index in [0.717, 1.165) is 0 Å². The van der Waals surface area contributed by atoms with Gasteiger partial charge in [0, 0.05) is 13.2 Å². The van der Waals surface area contributed by atoms with Crippen molar-refractivity contribution in [1.29, 1.82) is 0 Å². The molecule has 0 saturated carbocycles. The first-order valence-corrected chi connectivity index (χ1v) is 6.00. The maximum Gasteiger partial charge on any atom is 0.129 e. The first-order chi connectivity index (χ1) is 5.46. The Morgan fingerprint density at radius 1 is 1.62 bits per heavy atom. The van der Waals surface area contributed by atoms with Crippen molar-refractivity contribution in [3.05, 3.63) is 0 Å². The number of rotatable bonds is 0. The summed E-state index contributed by atoms with van der Waals surface area (Å²) in [4.78, 5) is 0. The molecule has 0 aliphatic rings. The van der Waals surface area contributed by atoms with Gasteiger partial charge in [-0.05, 0) is 0 Å². The Morgan fingerprint density at radius 3 is 2.62 bits per heavy atom. The number of hydrogen-bond acceptors (Lipinski definition) is 0. The van der Waals surface area contributed by atoms with Gasteiger partial charge >= 0.3 is 0 Å². The van der Waals surface area contributed by atoms with Gasteiger partial charge in [0.25, 0.3) is 0 Å². The van der Waals surface area contributed by atoms with Gasteiger partial charge in [0.15, 0.2) is 0 Å². The SMILES string of the molecule is [2H]C([2H])([2H])C([2H])([2H])C#C[Si](C)(C)C. The van der Waals surface area contributed by atoms with Crippen LogP contribution in [0.1, 0.15) is 20.1 Å². The molecular weight excluding hydrogens is 112 g/mol. The van der Waals surface area contributed by atoms with Gasteiger partial charge in [0.1, 0.15) is 8.07 Å². The second-order valence-corrected chi connectivity index (χ2v) is 7.38. The van der Waals surface area contributed by atoms with E-state index in [1.807, 2.05) is 19.6 Å². The third-order valence-electron chi connectivity index (χ3n) is 0.500. The smallest absolute Gasteiger partial charge is 0.129 e. The van der Waals surface area contributed by atoms with Crippen molar-refractivity contribution in [2.45, 2.75) is 32.9 Å². The molecule has 0 heterocycles. The summed E-state index contributed by atoms with van der Waals surface area (Å²) < 4.78 is 35.2. The van der Waals surface area contributed by atoms with Crippen molar-refractivity contribution >= 4 is 8.07 Å². The lowest BCUT2D eigenvalue weighted by Gasteiger charge is -2.02. The molecule has 0 aromatic rings. The van der Waals surface area contributed by atoms with Crippen LogP contribution in [0.5, 0.6) is 0 Å². The predicted molar refractivity (Wildman–Crippen MR) is 41.4 cm³/mol. The molecule has 0 aromatic heterocycles. The second kappa shape index (κ2) is 2.94. The highest BCUT2D eigenvalue weighted by atomic mass is 28.3. The van der Waals surface area contributed by atoms with Gasteiger partial charge in [0.2, 0.25) is 0 Å². The van der Waals surface area contributed by atoms with E-state index in [1.165, 1.54) is 0 Å². The molecule has 1 heteroatoms. The summed E-state index contributed by atoms with van der Waals surface area (Å²) in [5, 5.41) is 0. The van der Waals surface area contributed by atoms with Crippen LogP contribution in [0.15, 0.2) is 0 Å². The average Bonchev–Trinajstić information content (AvgIpc) is 1.79. The van der Waals surface area contributed by atoms with Crippen LogP contribution in [-0.4, -0.2) is 8.07 Å². The summed E-state index contributed by atoms with van der Waals surface area (Å²) in [5.74, 6) is 2.22. The highest BCUT2D eigenvalue weighted by molar-refractivity contribution is 6.83. The zero-order chi connectivity index (χ0) is 10.9. The maximum absolute atomic E-state index is 7.21. The molecular formula is C7H14Si. The van der Waals surface area contributed by atoms with Crippen molar-refractivity contribution < 1.29 is 6.85 Å². The Balaban J connectivity index is 4.77. The van der Waals surface area contributed by atoms with Gasteiger partial charge in [-0.15, -0.1) is 11.5 Å². The standard InChI is InChI=1S/C7H14Si/c1-5-6-7-8(2,3)4/h5H2,1-4H3/i1D3,5D2. The van der Waals surface area contributed by atoms with Crippen LogP contribution < -0.4 is 0 Å². The van der Waals surface area contributed by atoms with E-state index in [9.17, 15) is 0 Å². The highest BCUT2D eigenvalue weighted by Gasteiger charge is 2.06. The van der Waals surface area contributed by atoms with Crippen molar-refractivity contribution in [2.75, 3.05) is 0 Å². The molecule has 0 amide bonds. The number of hydrogen-bond donors (Lipinski definition) is 0. The van der Waals surface area contributed by atoms with Crippen LogP contribution in [0, 0.1) is 11.5 Å². The topological polar surface area (TPSA) is 0 Å². The Kier molecular flexibility index (Phi) is 0.945. The molecule has 0 unspecified atom stereocenters. The van der Waals surface area contributed by atoms with Crippen molar-refractivity contribution in [2.24, 2.45) is 0 Å². The Hall–Kier alpha value is -0.223. The minimum absolute atomic E-state index is 1.70. The van der Waals surface area contributed by atoms with E-state index in [1.54, 1.807) is 0 Å². The average molecular weight is 131 g/mol. The van der Waals surface area contributed by atoms with Crippen LogP contribution in [0.3, 0.4) is 0 Å². The van der Waals surface area contributed by atoms with Gasteiger partial charge in [-0.3, -0.25) is 0 Å². The van der Waals surface area contributed by atoms with Gasteiger partial charge in [-0.2, -0.15) is 0 Å². The molecule has 8 heavy (non-hydrogen) atoms. The Labute approximate surface area is 60.3 Å². The van der Waals surface area contributed by atoms with Crippen molar-refractivity contribution in [3.63, 3.8) is 0 Å². The third kappa shape index (κ3) is 5.78. The van der Waals surface area contributed by atoms with E-state index in [4.69, 9.17) is 6.85 Å². The van der Waals surface area contributed by atoms with E-state index in [-0.39, 0.29) is 0 Å². The molecule has 0 bridgehead atoms. The van der Waals surface area contributed by atoms with Gasteiger partial charge in [-0.25, -0.2) is 0 Å². The van der Waals surface area contributed by atoms with E-state index in [2.05, 4.69) is 11.5 Å². The van der Waals surface area contributed by atoms with Crippen molar-refractivity contribution in [3.8, 4) is 11.5 Å². The maximum atomic E-state index is 7.21. The second-order valence-electron chi connectivity index (χ2n) is 2.62. The van der Waals surface area contributed by atoms with E-state index < -0.39 is 21.3 Å². The Bertz CT molecular complexity index is 236. The van der Waals surface area contributed by atoms with Crippen LogP contribution in [0.2, 0.25) is 19.6 Å². The molecule has 0 N–H and O–H groups in total. The molecule has 0 aromatic carbocycles. The molecule has 0 rings (SSSR count). The normalized spacial score (nSPS) is 22.6. The molecule has 0 fully saturated rings. The van der Waals surface area contributed by atoms with Gasteiger partial charge in [-0.1, -0.05) is 26.5 Å². The lowest BCUT2D eigenvalue weighted by molar-refractivity contribution is 1.28. The lowest BCUT2D eigenvalue weighted by Crippen LogP contribution is -2.16. The van der Waals surface area contributed by atoms with Crippen molar-refractivity contribution in [1.82, 2.24) is 0 Å². The predicted octanol–water partition coefficient (Wildman–Crippen LogP) is 2.28. The third-order valence-corrected chi connectivity index (χ3v) is 1.38.